The summed E-state index contributed by atoms with van der Waals surface area (Å²) in [5.74, 6) is 4.01. The maximum absolute atomic E-state index is 2.82. The topological polar surface area (TPSA) is 0 Å². The Bertz CT molecular complexity index is 1090. The van der Waals surface area contributed by atoms with E-state index < -0.39 is 24.2 Å². The largest absolute Gasteiger partial charge is 0.0841 e. The van der Waals surface area contributed by atoms with Crippen molar-refractivity contribution in [3.8, 4) is 0 Å². The molecule has 7 atom stereocenters. The minimum absolute atomic E-state index is 0.734. The lowest BCUT2D eigenvalue weighted by molar-refractivity contribution is 0.447. The minimum Gasteiger partial charge on any atom is -0.0841 e. The van der Waals surface area contributed by atoms with Crippen molar-refractivity contribution in [3.63, 3.8) is 0 Å². The summed E-state index contributed by atoms with van der Waals surface area (Å²) in [5.41, 5.74) is 6.53. The van der Waals surface area contributed by atoms with Gasteiger partial charge in [-0.05, 0) is 65.2 Å². The molecule has 0 spiro atoms. The first-order valence-corrected chi connectivity index (χ1v) is 25.7. The Morgan fingerprint density at radius 1 is 0.757 bits per heavy atom. The minimum atomic E-state index is -1.57. The lowest BCUT2D eigenvalue weighted by atomic mass is 9.83. The second kappa shape index (κ2) is 10.1. The third-order valence-corrected chi connectivity index (χ3v) is 18.7. The smallest absolute Gasteiger partial charge is 0.0584 e. The van der Waals surface area contributed by atoms with Gasteiger partial charge >= 0.3 is 0 Å². The fourth-order valence-corrected chi connectivity index (χ4v) is 17.7. The highest BCUT2D eigenvalue weighted by atomic mass is 28.3. The van der Waals surface area contributed by atoms with Crippen LogP contribution in [0.2, 0.25) is 75.5 Å². The molecule has 4 aliphatic carbocycles. The molecule has 4 aliphatic rings. The van der Waals surface area contributed by atoms with Crippen LogP contribution in [-0.2, 0) is 0 Å². The summed E-state index contributed by atoms with van der Waals surface area (Å²) in [6.45, 7) is 21.2. The Labute approximate surface area is 231 Å². The number of benzene rings is 1. The number of allylic oxidation sites excluding steroid dienone is 8. The van der Waals surface area contributed by atoms with Gasteiger partial charge in [0.2, 0.25) is 0 Å². The van der Waals surface area contributed by atoms with Gasteiger partial charge in [0.15, 0.2) is 0 Å². The molecule has 5 rings (SSSR count). The monoisotopic (exact) mass is 544 g/mol. The molecule has 0 aliphatic heterocycles. The van der Waals surface area contributed by atoms with Crippen molar-refractivity contribution in [2.24, 2.45) is 29.6 Å². The first-order chi connectivity index (χ1) is 17.3. The molecule has 0 N–H and O–H groups in total. The number of hydrogen-bond donors (Lipinski definition) is 0. The van der Waals surface area contributed by atoms with Crippen LogP contribution in [0.4, 0.5) is 0 Å². The van der Waals surface area contributed by atoms with Gasteiger partial charge in [0.05, 0.1) is 8.07 Å². The van der Waals surface area contributed by atoms with Gasteiger partial charge in [-0.2, -0.15) is 0 Å². The maximum atomic E-state index is 2.82. The van der Waals surface area contributed by atoms with E-state index in [0.29, 0.717) is 0 Å². The summed E-state index contributed by atoms with van der Waals surface area (Å²) in [4.78, 5) is 0. The zero-order valence-corrected chi connectivity index (χ0v) is 27.9. The van der Waals surface area contributed by atoms with Gasteiger partial charge in [-0.15, -0.1) is 0 Å². The highest BCUT2D eigenvalue weighted by molar-refractivity contribution is 6.81. The fraction of sp³-hybridized carbons (Fsp3) is 0.588. The van der Waals surface area contributed by atoms with Gasteiger partial charge in [0.1, 0.15) is 0 Å². The highest BCUT2D eigenvalue weighted by Crippen LogP contribution is 2.63. The van der Waals surface area contributed by atoms with Gasteiger partial charge in [0.25, 0.3) is 0 Å². The molecule has 1 aromatic carbocycles. The lowest BCUT2D eigenvalue weighted by Crippen LogP contribution is -2.40. The predicted octanol–water partition coefficient (Wildman–Crippen LogP) is 10.5. The zero-order valence-electron chi connectivity index (χ0n) is 24.9. The summed E-state index contributed by atoms with van der Waals surface area (Å²) in [5, 5.41) is 0. The number of rotatable bonds is 7. The van der Waals surface area contributed by atoms with E-state index in [9.17, 15) is 0 Å². The van der Waals surface area contributed by atoms with Crippen LogP contribution in [0.3, 0.4) is 0 Å². The summed E-state index contributed by atoms with van der Waals surface area (Å²) < 4.78 is 0. The molecule has 7 unspecified atom stereocenters. The maximum Gasteiger partial charge on any atom is 0.0584 e. The molecule has 0 heterocycles. The Balaban J connectivity index is 1.49. The van der Waals surface area contributed by atoms with Crippen LogP contribution in [0.25, 0.3) is 5.57 Å². The van der Waals surface area contributed by atoms with E-state index in [-0.39, 0.29) is 0 Å². The first-order valence-electron chi connectivity index (χ1n) is 15.2. The quantitative estimate of drug-likeness (QED) is 0.236. The average molecular weight is 545 g/mol. The average Bonchev–Trinajstić information content (AvgIpc) is 3.37. The van der Waals surface area contributed by atoms with Gasteiger partial charge in [0, 0.05) is 22.1 Å². The molecule has 0 radical (unpaired) electrons. The van der Waals surface area contributed by atoms with E-state index >= 15 is 0 Å². The van der Waals surface area contributed by atoms with Gasteiger partial charge in [-0.25, -0.2) is 0 Å². The van der Waals surface area contributed by atoms with E-state index in [1.54, 1.807) is 0 Å². The van der Waals surface area contributed by atoms with Crippen LogP contribution in [0.15, 0.2) is 72.4 Å². The van der Waals surface area contributed by atoms with Crippen LogP contribution < -0.4 is 0 Å². The van der Waals surface area contributed by atoms with Crippen molar-refractivity contribution in [2.45, 2.75) is 94.8 Å². The molecule has 0 saturated heterocycles. The standard InChI is InChI=1S/C34H52Si3/c1-35(2,3)23-27-21-33(31-17-13-12-16-29(27)31)37(7,8)34-22-28(24-36(4,5)6)30-19-18-26(20-32(30)34)25-14-10-9-11-15-25/h9-12,14-20,27-30,32-34H,13,21-24H2,1-8H3. The van der Waals surface area contributed by atoms with E-state index in [1.807, 2.05) is 5.57 Å². The molecule has 0 amide bonds. The molecule has 0 nitrogen and oxygen atoms in total. The molecule has 37 heavy (non-hydrogen) atoms. The van der Waals surface area contributed by atoms with Crippen molar-refractivity contribution >= 4 is 29.8 Å². The van der Waals surface area contributed by atoms with E-state index in [1.165, 1.54) is 42.5 Å². The van der Waals surface area contributed by atoms with Crippen LogP contribution in [0, 0.1) is 29.6 Å². The Hall–Kier alpha value is -1.17. The third kappa shape index (κ3) is 5.75. The van der Waals surface area contributed by atoms with Crippen molar-refractivity contribution in [3.05, 3.63) is 77.9 Å². The van der Waals surface area contributed by atoms with Crippen LogP contribution in [0.5, 0.6) is 0 Å². The summed E-state index contributed by atoms with van der Waals surface area (Å²) >= 11 is 0. The van der Waals surface area contributed by atoms with Crippen LogP contribution >= 0.6 is 0 Å². The van der Waals surface area contributed by atoms with Crippen molar-refractivity contribution < 1.29 is 0 Å². The van der Waals surface area contributed by atoms with E-state index in [2.05, 4.69) is 119 Å². The van der Waals surface area contributed by atoms with Crippen molar-refractivity contribution in [1.82, 2.24) is 0 Å². The highest BCUT2D eigenvalue weighted by Gasteiger charge is 2.55. The van der Waals surface area contributed by atoms with E-state index in [4.69, 9.17) is 0 Å². The predicted molar refractivity (Wildman–Crippen MR) is 173 cm³/mol. The Morgan fingerprint density at radius 3 is 2.11 bits per heavy atom. The molecule has 200 valence electrons. The molecule has 0 aromatic heterocycles. The van der Waals surface area contributed by atoms with Gasteiger partial charge < -0.3 is 0 Å². The molecule has 0 bridgehead atoms. The normalized spacial score (nSPS) is 33.7. The molecular weight excluding hydrogens is 493 g/mol. The third-order valence-electron chi connectivity index (χ3n) is 10.3. The SMILES string of the molecule is C[Si](C)(C)CC1CC([Si](C)(C)C2CC(C[Si](C)(C)C)C3C=CC(c4ccccc4)=CC32)C2=CCC=CC21. The van der Waals surface area contributed by atoms with Crippen LogP contribution in [0.1, 0.15) is 24.8 Å². The van der Waals surface area contributed by atoms with Crippen molar-refractivity contribution in [1.29, 1.82) is 0 Å². The lowest BCUT2D eigenvalue weighted by Gasteiger charge is -2.41. The zero-order chi connectivity index (χ0) is 26.6. The molecule has 3 heteroatoms. The molecule has 1 aromatic rings. The van der Waals surface area contributed by atoms with Crippen molar-refractivity contribution in [2.75, 3.05) is 0 Å². The second-order valence-electron chi connectivity index (χ2n) is 15.9. The fourth-order valence-electron chi connectivity index (χ4n) is 8.90. The van der Waals surface area contributed by atoms with Crippen LogP contribution in [-0.4, -0.2) is 24.2 Å². The number of hydrogen-bond acceptors (Lipinski definition) is 0. The second-order valence-corrected chi connectivity index (χ2v) is 32.0. The Morgan fingerprint density at radius 2 is 1.43 bits per heavy atom. The molecule has 2 fully saturated rings. The molecule has 2 saturated carbocycles. The first kappa shape index (κ1) is 27.4. The summed E-state index contributed by atoms with van der Waals surface area (Å²) in [7, 11) is -3.78. The van der Waals surface area contributed by atoms with Gasteiger partial charge in [-0.1, -0.05) is 137 Å². The van der Waals surface area contributed by atoms with E-state index in [0.717, 1.165) is 40.7 Å². The van der Waals surface area contributed by atoms with Gasteiger partial charge in [-0.3, -0.25) is 0 Å². The summed E-state index contributed by atoms with van der Waals surface area (Å²) in [6.07, 6.45) is 19.8. The number of fused-ring (bicyclic) bond motifs is 2. The summed E-state index contributed by atoms with van der Waals surface area (Å²) in [6, 6.07) is 14.2. The Kier molecular flexibility index (Phi) is 7.48. The molecular formula is C34H52Si3.